The summed E-state index contributed by atoms with van der Waals surface area (Å²) in [5.74, 6) is -0.525. The van der Waals surface area contributed by atoms with E-state index in [0.717, 1.165) is 10.4 Å². The summed E-state index contributed by atoms with van der Waals surface area (Å²) < 4.78 is 10.5. The second-order valence-electron chi connectivity index (χ2n) is 5.80. The van der Waals surface area contributed by atoms with Gasteiger partial charge in [-0.3, -0.25) is 14.9 Å². The van der Waals surface area contributed by atoms with Gasteiger partial charge in [0.2, 0.25) is 0 Å². The van der Waals surface area contributed by atoms with Crippen LogP contribution in [0.25, 0.3) is 0 Å². The van der Waals surface area contributed by atoms with Crippen molar-refractivity contribution in [3.8, 4) is 5.75 Å². The zero-order valence-electron chi connectivity index (χ0n) is 16.0. The van der Waals surface area contributed by atoms with Gasteiger partial charge in [0.05, 0.1) is 17.7 Å². The number of hydrogen-bond acceptors (Lipinski definition) is 6. The van der Waals surface area contributed by atoms with E-state index in [1.165, 1.54) is 11.3 Å². The molecule has 7 nitrogen and oxygen atoms in total. The smallest absolute Gasteiger partial charge is 0.261 e. The number of ether oxygens (including phenoxy) is 2. The SMILES string of the molecule is CCc1c(C)sc(NC(=S)NC(=O)c2ccccc2OCCOC)c1C(N)=O. The molecule has 4 N–H and O–H groups in total. The molecular weight excluding hydrogens is 398 g/mol. The Bertz CT molecular complexity index is 880. The Balaban J connectivity index is 2.12. The molecule has 150 valence electrons. The Morgan fingerprint density at radius 2 is 1.96 bits per heavy atom. The molecule has 0 aliphatic carbocycles. The van der Waals surface area contributed by atoms with E-state index in [1.807, 2.05) is 13.8 Å². The van der Waals surface area contributed by atoms with E-state index in [0.29, 0.717) is 41.5 Å². The number of benzene rings is 1. The molecular formula is C19H23N3O4S2. The van der Waals surface area contributed by atoms with Crippen LogP contribution < -0.4 is 21.1 Å². The fraction of sp³-hybridized carbons (Fsp3) is 0.316. The van der Waals surface area contributed by atoms with E-state index < -0.39 is 11.8 Å². The number of para-hydroxylation sites is 1. The molecule has 0 saturated heterocycles. The number of nitrogens with two attached hydrogens (primary N) is 1. The average molecular weight is 422 g/mol. The lowest BCUT2D eigenvalue weighted by molar-refractivity contribution is 0.0968. The first kappa shape index (κ1) is 21.8. The average Bonchev–Trinajstić information content (AvgIpc) is 2.97. The van der Waals surface area contributed by atoms with E-state index in [-0.39, 0.29) is 5.11 Å². The van der Waals surface area contributed by atoms with Crippen LogP contribution in [0.3, 0.4) is 0 Å². The van der Waals surface area contributed by atoms with Crippen LogP contribution in [0.15, 0.2) is 24.3 Å². The number of primary amides is 1. The maximum absolute atomic E-state index is 12.6. The Morgan fingerprint density at radius 3 is 2.61 bits per heavy atom. The van der Waals surface area contributed by atoms with Gasteiger partial charge in [-0.2, -0.15) is 0 Å². The highest BCUT2D eigenvalue weighted by Gasteiger charge is 2.21. The Kier molecular flexibility index (Phi) is 7.91. The lowest BCUT2D eigenvalue weighted by Crippen LogP contribution is -2.34. The number of amides is 2. The number of methoxy groups -OCH3 is 1. The zero-order chi connectivity index (χ0) is 20.7. The molecule has 0 saturated carbocycles. The molecule has 2 rings (SSSR count). The van der Waals surface area contributed by atoms with Crippen molar-refractivity contribution in [2.24, 2.45) is 5.73 Å². The molecule has 0 spiro atoms. The molecule has 0 atom stereocenters. The Hall–Kier alpha value is -2.49. The maximum Gasteiger partial charge on any atom is 0.261 e. The standard InChI is InChI=1S/C19H23N3O4S2/c1-4-12-11(2)28-18(15(12)16(20)23)22-19(27)21-17(24)13-7-5-6-8-14(13)26-10-9-25-3/h5-8H,4,9-10H2,1-3H3,(H2,20,23)(H2,21,22,24,27). The minimum atomic E-state index is -0.533. The van der Waals surface area contributed by atoms with Crippen molar-refractivity contribution >= 4 is 45.5 Å². The van der Waals surface area contributed by atoms with E-state index in [2.05, 4.69) is 10.6 Å². The number of aryl methyl sites for hydroxylation is 1. The number of carbonyl (C=O) groups is 2. The first-order valence-electron chi connectivity index (χ1n) is 8.64. The second-order valence-corrected chi connectivity index (χ2v) is 7.44. The van der Waals surface area contributed by atoms with Crippen molar-refractivity contribution in [2.75, 3.05) is 25.6 Å². The molecule has 1 heterocycles. The Labute approximate surface area is 173 Å². The molecule has 1 aromatic carbocycles. The third kappa shape index (κ3) is 5.28. The number of anilines is 1. The predicted octanol–water partition coefficient (Wildman–Crippen LogP) is 2.87. The number of thiocarbonyl (C=S) groups is 1. The number of carbonyl (C=O) groups excluding carboxylic acids is 2. The van der Waals surface area contributed by atoms with Crippen molar-refractivity contribution in [1.82, 2.24) is 5.32 Å². The summed E-state index contributed by atoms with van der Waals surface area (Å²) >= 11 is 6.62. The topological polar surface area (TPSA) is 103 Å². The number of rotatable bonds is 8. The first-order valence-corrected chi connectivity index (χ1v) is 9.86. The zero-order valence-corrected chi connectivity index (χ0v) is 17.6. The maximum atomic E-state index is 12.6. The van der Waals surface area contributed by atoms with Crippen molar-refractivity contribution in [1.29, 1.82) is 0 Å². The van der Waals surface area contributed by atoms with Gasteiger partial charge in [0.25, 0.3) is 11.8 Å². The molecule has 2 aromatic rings. The van der Waals surface area contributed by atoms with Gasteiger partial charge in [0, 0.05) is 12.0 Å². The molecule has 2 amide bonds. The van der Waals surface area contributed by atoms with Gasteiger partial charge >= 0.3 is 0 Å². The van der Waals surface area contributed by atoms with Crippen LogP contribution in [0.2, 0.25) is 0 Å². The highest BCUT2D eigenvalue weighted by atomic mass is 32.1. The quantitative estimate of drug-likeness (QED) is 0.447. The van der Waals surface area contributed by atoms with Crippen molar-refractivity contribution < 1.29 is 19.1 Å². The second kappa shape index (κ2) is 10.2. The van der Waals surface area contributed by atoms with Gasteiger partial charge < -0.3 is 20.5 Å². The summed E-state index contributed by atoms with van der Waals surface area (Å²) in [4.78, 5) is 25.4. The van der Waals surface area contributed by atoms with Crippen LogP contribution in [0.4, 0.5) is 5.00 Å². The summed E-state index contributed by atoms with van der Waals surface area (Å²) in [5, 5.41) is 6.13. The van der Waals surface area contributed by atoms with Gasteiger partial charge in [-0.15, -0.1) is 11.3 Å². The van der Waals surface area contributed by atoms with Gasteiger partial charge in [0.15, 0.2) is 5.11 Å². The molecule has 1 aromatic heterocycles. The summed E-state index contributed by atoms with van der Waals surface area (Å²) in [6.45, 7) is 4.59. The third-order valence-corrected chi connectivity index (χ3v) is 5.21. The van der Waals surface area contributed by atoms with Gasteiger partial charge in [-0.25, -0.2) is 0 Å². The summed E-state index contributed by atoms with van der Waals surface area (Å²) in [6, 6.07) is 6.84. The molecule has 0 bridgehead atoms. The van der Waals surface area contributed by atoms with Crippen molar-refractivity contribution in [3.63, 3.8) is 0 Å². The third-order valence-electron chi connectivity index (χ3n) is 3.94. The fourth-order valence-electron chi connectivity index (χ4n) is 2.67. The van der Waals surface area contributed by atoms with Crippen LogP contribution in [-0.4, -0.2) is 37.3 Å². The lowest BCUT2D eigenvalue weighted by Gasteiger charge is -2.13. The highest BCUT2D eigenvalue weighted by molar-refractivity contribution is 7.80. The van der Waals surface area contributed by atoms with E-state index in [4.69, 9.17) is 27.4 Å². The van der Waals surface area contributed by atoms with E-state index >= 15 is 0 Å². The summed E-state index contributed by atoms with van der Waals surface area (Å²) in [6.07, 6.45) is 0.674. The van der Waals surface area contributed by atoms with E-state index in [1.54, 1.807) is 31.4 Å². The predicted molar refractivity (Wildman–Crippen MR) is 114 cm³/mol. The lowest BCUT2D eigenvalue weighted by atomic mass is 10.1. The van der Waals surface area contributed by atoms with Gasteiger partial charge in [0.1, 0.15) is 17.4 Å². The van der Waals surface area contributed by atoms with Crippen LogP contribution in [0, 0.1) is 6.92 Å². The molecule has 0 fully saturated rings. The van der Waals surface area contributed by atoms with Crippen LogP contribution in [-0.2, 0) is 11.2 Å². The highest BCUT2D eigenvalue weighted by Crippen LogP contribution is 2.33. The fourth-order valence-corrected chi connectivity index (χ4v) is 4.09. The van der Waals surface area contributed by atoms with Crippen LogP contribution in [0.1, 0.15) is 38.1 Å². The minimum Gasteiger partial charge on any atom is -0.490 e. The number of thiophene rings is 1. The van der Waals surface area contributed by atoms with Crippen molar-refractivity contribution in [3.05, 3.63) is 45.8 Å². The van der Waals surface area contributed by atoms with E-state index in [9.17, 15) is 9.59 Å². The molecule has 28 heavy (non-hydrogen) atoms. The molecule has 0 radical (unpaired) electrons. The van der Waals surface area contributed by atoms with Gasteiger partial charge in [-0.05, 0) is 43.3 Å². The van der Waals surface area contributed by atoms with Crippen LogP contribution >= 0.6 is 23.6 Å². The number of hydrogen-bond donors (Lipinski definition) is 3. The minimum absolute atomic E-state index is 0.0723. The molecule has 0 aliphatic rings. The first-order chi connectivity index (χ1) is 13.4. The molecule has 9 heteroatoms. The normalized spacial score (nSPS) is 10.4. The molecule has 0 unspecified atom stereocenters. The van der Waals surface area contributed by atoms with Crippen LogP contribution in [0.5, 0.6) is 5.75 Å². The number of nitrogens with one attached hydrogen (secondary N) is 2. The summed E-state index contributed by atoms with van der Waals surface area (Å²) in [7, 11) is 1.57. The summed E-state index contributed by atoms with van der Waals surface area (Å²) in [5.41, 5.74) is 7.15. The van der Waals surface area contributed by atoms with Crippen molar-refractivity contribution in [2.45, 2.75) is 20.3 Å². The van der Waals surface area contributed by atoms with Gasteiger partial charge in [-0.1, -0.05) is 19.1 Å². The molecule has 0 aliphatic heterocycles. The largest absolute Gasteiger partial charge is 0.490 e. The Morgan fingerprint density at radius 1 is 1.25 bits per heavy atom. The monoisotopic (exact) mass is 421 g/mol.